The second kappa shape index (κ2) is 10.1. The Bertz CT molecular complexity index is 432. The number of nitrogens with one attached hydrogen (secondary N) is 2. The van der Waals surface area contributed by atoms with Crippen LogP contribution in [0.5, 0.6) is 0 Å². The number of nitrogens with two attached hydrogens (primary N) is 1. The topological polar surface area (TPSA) is 120 Å². The first-order chi connectivity index (χ1) is 11.0. The van der Waals surface area contributed by atoms with E-state index in [0.717, 1.165) is 0 Å². The summed E-state index contributed by atoms with van der Waals surface area (Å²) in [5.74, 6) is -1.05. The zero-order valence-electron chi connectivity index (χ0n) is 15.5. The molecule has 140 valence electrons. The smallest absolute Gasteiger partial charge is 0.408 e. The van der Waals surface area contributed by atoms with E-state index in [9.17, 15) is 14.4 Å². The van der Waals surface area contributed by atoms with Gasteiger partial charge in [-0.3, -0.25) is 9.59 Å². The summed E-state index contributed by atoms with van der Waals surface area (Å²) in [6.07, 6.45) is -0.297. The molecule has 0 aliphatic heterocycles. The van der Waals surface area contributed by atoms with Gasteiger partial charge in [-0.2, -0.15) is 0 Å². The summed E-state index contributed by atoms with van der Waals surface area (Å²) >= 11 is 0. The van der Waals surface area contributed by atoms with Crippen molar-refractivity contribution in [2.75, 3.05) is 13.2 Å². The Hall–Kier alpha value is -1.83. The van der Waals surface area contributed by atoms with E-state index in [1.807, 2.05) is 13.8 Å². The van der Waals surface area contributed by atoms with Crippen LogP contribution in [0.15, 0.2) is 0 Å². The van der Waals surface area contributed by atoms with Crippen LogP contribution in [0.25, 0.3) is 0 Å². The Morgan fingerprint density at radius 1 is 1.08 bits per heavy atom. The van der Waals surface area contributed by atoms with Crippen LogP contribution >= 0.6 is 0 Å². The van der Waals surface area contributed by atoms with Crippen molar-refractivity contribution in [3.63, 3.8) is 0 Å². The molecule has 4 N–H and O–H groups in total. The first-order valence-electron chi connectivity index (χ1n) is 8.13. The van der Waals surface area contributed by atoms with E-state index in [1.54, 1.807) is 27.7 Å². The van der Waals surface area contributed by atoms with Crippen molar-refractivity contribution in [2.45, 2.75) is 65.6 Å². The van der Waals surface area contributed by atoms with E-state index in [0.29, 0.717) is 13.0 Å². The van der Waals surface area contributed by atoms with E-state index in [4.69, 9.17) is 15.2 Å². The number of hydrogen-bond acceptors (Lipinski definition) is 5. The highest BCUT2D eigenvalue weighted by atomic mass is 16.6. The Morgan fingerprint density at radius 2 is 1.67 bits per heavy atom. The van der Waals surface area contributed by atoms with Crippen molar-refractivity contribution in [1.82, 2.24) is 10.6 Å². The lowest BCUT2D eigenvalue weighted by molar-refractivity contribution is -0.130. The predicted octanol–water partition coefficient (Wildman–Crippen LogP) is 0.932. The predicted molar refractivity (Wildman–Crippen MR) is 90.2 cm³/mol. The second-order valence-electron chi connectivity index (χ2n) is 6.95. The molecule has 24 heavy (non-hydrogen) atoms. The van der Waals surface area contributed by atoms with Crippen molar-refractivity contribution in [3.05, 3.63) is 0 Å². The molecule has 0 aromatic rings. The summed E-state index contributed by atoms with van der Waals surface area (Å²) in [6, 6.07) is -1.78. The minimum Gasteiger partial charge on any atom is -0.444 e. The molecule has 0 radical (unpaired) electrons. The molecule has 0 saturated carbocycles. The number of rotatable bonds is 9. The first-order valence-corrected chi connectivity index (χ1v) is 8.13. The molecule has 0 aliphatic rings. The van der Waals surface area contributed by atoms with E-state index in [-0.39, 0.29) is 12.5 Å². The Kier molecular flexibility index (Phi) is 9.35. The largest absolute Gasteiger partial charge is 0.444 e. The van der Waals surface area contributed by atoms with Crippen LogP contribution < -0.4 is 16.4 Å². The lowest BCUT2D eigenvalue weighted by Gasteiger charge is -2.25. The molecule has 0 aromatic carbocycles. The number of alkyl carbamates (subject to hydrolysis) is 1. The molecule has 0 unspecified atom stereocenters. The zero-order chi connectivity index (χ0) is 18.9. The minimum atomic E-state index is -0.951. The zero-order valence-corrected chi connectivity index (χ0v) is 15.5. The molecule has 8 nitrogen and oxygen atoms in total. The van der Waals surface area contributed by atoms with Gasteiger partial charge in [0.15, 0.2) is 0 Å². The number of primary amides is 1. The number of hydrogen-bond donors (Lipinski definition) is 3. The van der Waals surface area contributed by atoms with Crippen LogP contribution in [0.4, 0.5) is 4.79 Å². The molecule has 0 aliphatic carbocycles. The van der Waals surface area contributed by atoms with Crippen LogP contribution in [-0.4, -0.2) is 48.8 Å². The van der Waals surface area contributed by atoms with Gasteiger partial charge in [-0.05, 0) is 40.0 Å². The fourth-order valence-electron chi connectivity index (χ4n) is 1.86. The van der Waals surface area contributed by atoms with Crippen LogP contribution in [0.1, 0.15) is 48.0 Å². The summed E-state index contributed by atoms with van der Waals surface area (Å²) < 4.78 is 10.3. The lowest BCUT2D eigenvalue weighted by Crippen LogP contribution is -2.55. The van der Waals surface area contributed by atoms with E-state index in [2.05, 4.69) is 10.6 Å². The highest BCUT2D eigenvalue weighted by Gasteiger charge is 2.28. The molecule has 0 rings (SSSR count). The molecule has 0 aromatic heterocycles. The molecule has 3 amide bonds. The molecular weight excluding hydrogens is 314 g/mol. The Morgan fingerprint density at radius 3 is 2.08 bits per heavy atom. The highest BCUT2D eigenvalue weighted by molar-refractivity contribution is 5.90. The van der Waals surface area contributed by atoms with Gasteiger partial charge in [-0.1, -0.05) is 13.8 Å². The molecule has 0 heterocycles. The van der Waals surface area contributed by atoms with Gasteiger partial charge in [-0.25, -0.2) is 4.79 Å². The van der Waals surface area contributed by atoms with Crippen molar-refractivity contribution >= 4 is 17.9 Å². The maximum atomic E-state index is 12.4. The van der Waals surface area contributed by atoms with Gasteiger partial charge in [0, 0.05) is 6.61 Å². The Labute approximate surface area is 143 Å². The average molecular weight is 345 g/mol. The van der Waals surface area contributed by atoms with E-state index in [1.165, 1.54) is 0 Å². The van der Waals surface area contributed by atoms with Gasteiger partial charge in [-0.15, -0.1) is 0 Å². The second-order valence-corrected chi connectivity index (χ2v) is 6.95. The maximum Gasteiger partial charge on any atom is 0.408 e. The fraction of sp³-hybridized carbons (Fsp3) is 0.812. The summed E-state index contributed by atoms with van der Waals surface area (Å²) in [5.41, 5.74) is 4.59. The van der Waals surface area contributed by atoms with Gasteiger partial charge >= 0.3 is 6.09 Å². The molecule has 0 spiro atoms. The third-order valence-electron chi connectivity index (χ3n) is 2.86. The number of ether oxygens (including phenoxy) is 2. The summed E-state index contributed by atoms with van der Waals surface area (Å²) in [4.78, 5) is 35.7. The number of carbonyl (C=O) groups excluding carboxylic acids is 3. The quantitative estimate of drug-likeness (QED) is 0.574. The number of amides is 3. The van der Waals surface area contributed by atoms with Crippen molar-refractivity contribution in [2.24, 2.45) is 11.7 Å². The van der Waals surface area contributed by atoms with Crippen LogP contribution in [0.3, 0.4) is 0 Å². The van der Waals surface area contributed by atoms with Gasteiger partial charge in [0.1, 0.15) is 17.7 Å². The molecule has 0 bridgehead atoms. The van der Waals surface area contributed by atoms with Crippen LogP contribution in [0, 0.1) is 5.92 Å². The van der Waals surface area contributed by atoms with Crippen LogP contribution in [-0.2, 0) is 19.1 Å². The summed E-state index contributed by atoms with van der Waals surface area (Å²) in [6.45, 7) is 11.2. The maximum absolute atomic E-state index is 12.4. The molecule has 2 atom stereocenters. The molecule has 0 saturated heterocycles. The average Bonchev–Trinajstić information content (AvgIpc) is 2.39. The third-order valence-corrected chi connectivity index (χ3v) is 2.86. The van der Waals surface area contributed by atoms with Crippen LogP contribution in [0.2, 0.25) is 0 Å². The van der Waals surface area contributed by atoms with E-state index >= 15 is 0 Å². The summed E-state index contributed by atoms with van der Waals surface area (Å²) in [7, 11) is 0. The summed E-state index contributed by atoms with van der Waals surface area (Å²) in [5, 5.41) is 5.06. The van der Waals surface area contributed by atoms with Gasteiger partial charge < -0.3 is 25.8 Å². The monoisotopic (exact) mass is 345 g/mol. The van der Waals surface area contributed by atoms with Crippen molar-refractivity contribution in [1.29, 1.82) is 0 Å². The standard InChI is InChI=1S/C16H31N3O5/c1-7-23-9-12(13(17)20)18-14(21)11(8-10(2)3)19-15(22)24-16(4,5)6/h10-12H,7-9H2,1-6H3,(H2,17,20)(H,18,21)(H,19,22)/t11-,12+/m1/s1. The SMILES string of the molecule is CCOC[C@H](NC(=O)[C@@H](CC(C)C)NC(=O)OC(C)(C)C)C(N)=O. The third kappa shape index (κ3) is 10.0. The van der Waals surface area contributed by atoms with Crippen molar-refractivity contribution < 1.29 is 23.9 Å². The van der Waals surface area contributed by atoms with Gasteiger partial charge in [0.25, 0.3) is 0 Å². The molecule has 8 heteroatoms. The molecule has 0 fully saturated rings. The van der Waals surface area contributed by atoms with Gasteiger partial charge in [0.2, 0.25) is 11.8 Å². The highest BCUT2D eigenvalue weighted by Crippen LogP contribution is 2.09. The number of carbonyl (C=O) groups is 3. The molecular formula is C16H31N3O5. The minimum absolute atomic E-state index is 0.0155. The van der Waals surface area contributed by atoms with E-state index < -0.39 is 35.6 Å². The normalized spacial score (nSPS) is 14.0. The Balaban J connectivity index is 4.92. The van der Waals surface area contributed by atoms with Crippen molar-refractivity contribution in [3.8, 4) is 0 Å². The lowest BCUT2D eigenvalue weighted by atomic mass is 10.0. The van der Waals surface area contributed by atoms with Gasteiger partial charge in [0.05, 0.1) is 6.61 Å². The first kappa shape index (κ1) is 22.2. The fourth-order valence-corrected chi connectivity index (χ4v) is 1.86.